The summed E-state index contributed by atoms with van der Waals surface area (Å²) >= 11 is 1.37. The monoisotopic (exact) mass is 340 g/mol. The average Bonchev–Trinajstić information content (AvgIpc) is 2.48. The first-order chi connectivity index (χ1) is 10.3. The van der Waals surface area contributed by atoms with Crippen LogP contribution >= 0.6 is 11.8 Å². The van der Waals surface area contributed by atoms with Gasteiger partial charge in [-0.1, -0.05) is 0 Å². The molecule has 1 aliphatic rings. The van der Waals surface area contributed by atoms with Gasteiger partial charge in [0, 0.05) is 0 Å². The Bertz CT molecular complexity index is 400. The van der Waals surface area contributed by atoms with E-state index in [0.29, 0.717) is 10.8 Å². The van der Waals surface area contributed by atoms with Crippen molar-refractivity contribution in [2.24, 2.45) is 5.29 Å². The molecule has 0 spiro atoms. The van der Waals surface area contributed by atoms with E-state index in [1.165, 1.54) is 11.8 Å². The number of carbonyl (C=O) groups is 1. The summed E-state index contributed by atoms with van der Waals surface area (Å²) in [5.74, 6) is -3.30. The van der Waals surface area contributed by atoms with Crippen LogP contribution in [-0.4, -0.2) is 91.8 Å². The van der Waals surface area contributed by atoms with Crippen molar-refractivity contribution in [2.75, 3.05) is 25.2 Å². The fraction of sp³-hybridized carbons (Fsp3) is 0.909. The van der Waals surface area contributed by atoms with Crippen LogP contribution in [0.5, 0.6) is 0 Å². The molecule has 1 unspecified atom stereocenters. The molecule has 11 heteroatoms. The van der Waals surface area contributed by atoms with Gasteiger partial charge in [0.1, 0.15) is 24.4 Å². The van der Waals surface area contributed by atoms with Gasteiger partial charge in [0.2, 0.25) is 5.79 Å². The van der Waals surface area contributed by atoms with Gasteiger partial charge in [0.15, 0.2) is 0 Å². The molecule has 10 nitrogen and oxygen atoms in total. The molecule has 1 saturated heterocycles. The molecule has 0 radical (unpaired) electrons. The van der Waals surface area contributed by atoms with Crippen LogP contribution in [-0.2, 0) is 9.53 Å². The molecule has 1 aliphatic heterocycles. The lowest BCUT2D eigenvalue weighted by Crippen LogP contribution is -2.65. The number of carboxylic acids is 1. The molecule has 1 rings (SSSR count). The molecule has 0 amide bonds. The second-order valence-electron chi connectivity index (χ2n) is 4.97. The quantitative estimate of drug-likeness (QED) is 0.246. The first kappa shape index (κ1) is 19.1. The minimum absolute atomic E-state index is 0.0829. The highest BCUT2D eigenvalue weighted by Gasteiger charge is 2.50. The number of rotatable bonds is 8. The molecule has 0 aliphatic carbocycles. The number of thioether (sulfide) groups is 1. The summed E-state index contributed by atoms with van der Waals surface area (Å²) in [6.07, 6.45) is -3.17. The number of aliphatic hydroxyl groups excluding tert-OH is 3. The third-order valence-corrected chi connectivity index (χ3v) is 4.06. The highest BCUT2D eigenvalue weighted by Crippen LogP contribution is 2.26. The van der Waals surface area contributed by atoms with E-state index in [1.54, 1.807) is 6.26 Å². The number of aliphatic hydroxyl groups is 4. The van der Waals surface area contributed by atoms with Crippen LogP contribution in [0.2, 0.25) is 0 Å². The van der Waals surface area contributed by atoms with Crippen LogP contribution in [0.25, 0.3) is 0 Å². The standard InChI is InChI=1S/C11H20N2O8S/c1-22-3-2-6(10(17)18)13(12-20)5-11(19)9(16)8(15)7(14)4-21-11/h6-9,14-16,19H,2-5H2,1H3,(H,17,18)/t6-,7+,8+,9-,11?/m0/s1. The van der Waals surface area contributed by atoms with Gasteiger partial charge in [-0.05, 0) is 18.4 Å². The predicted octanol–water partition coefficient (Wildman–Crippen LogP) is -2.02. The molecular weight excluding hydrogens is 320 g/mol. The van der Waals surface area contributed by atoms with E-state index in [9.17, 15) is 30.1 Å². The van der Waals surface area contributed by atoms with Crippen molar-refractivity contribution in [3.63, 3.8) is 0 Å². The fourth-order valence-electron chi connectivity index (χ4n) is 2.09. The maximum atomic E-state index is 11.2. The van der Waals surface area contributed by atoms with E-state index < -0.39 is 49.3 Å². The van der Waals surface area contributed by atoms with Crippen molar-refractivity contribution < 1.29 is 35.1 Å². The molecule has 1 heterocycles. The average molecular weight is 340 g/mol. The van der Waals surface area contributed by atoms with E-state index in [0.717, 1.165) is 0 Å². The molecule has 0 aromatic rings. The predicted molar refractivity (Wildman–Crippen MR) is 75.8 cm³/mol. The van der Waals surface area contributed by atoms with Crippen molar-refractivity contribution in [3.8, 4) is 0 Å². The molecule has 0 aromatic heterocycles. The Morgan fingerprint density at radius 2 is 2.14 bits per heavy atom. The molecule has 128 valence electrons. The zero-order valence-electron chi connectivity index (χ0n) is 11.9. The van der Waals surface area contributed by atoms with Gasteiger partial charge in [-0.25, -0.2) is 9.80 Å². The smallest absolute Gasteiger partial charge is 0.328 e. The second kappa shape index (κ2) is 8.04. The van der Waals surface area contributed by atoms with Crippen LogP contribution in [0, 0.1) is 4.91 Å². The topological polar surface area (TPSA) is 160 Å². The zero-order valence-corrected chi connectivity index (χ0v) is 12.7. The lowest BCUT2D eigenvalue weighted by Gasteiger charge is -2.43. The number of nitroso groups, excluding NO2 is 1. The summed E-state index contributed by atoms with van der Waals surface area (Å²) in [5.41, 5.74) is 0. The Morgan fingerprint density at radius 3 is 2.64 bits per heavy atom. The van der Waals surface area contributed by atoms with Gasteiger partial charge < -0.3 is 30.3 Å². The molecule has 0 saturated carbocycles. The number of aliphatic carboxylic acids is 1. The normalized spacial score (nSPS) is 33.2. The molecule has 0 bridgehead atoms. The van der Waals surface area contributed by atoms with Crippen LogP contribution < -0.4 is 0 Å². The van der Waals surface area contributed by atoms with Crippen molar-refractivity contribution in [1.29, 1.82) is 0 Å². The molecule has 0 aromatic carbocycles. The Morgan fingerprint density at radius 1 is 1.50 bits per heavy atom. The maximum Gasteiger partial charge on any atom is 0.328 e. The van der Waals surface area contributed by atoms with Crippen molar-refractivity contribution >= 4 is 17.7 Å². The van der Waals surface area contributed by atoms with E-state index in [4.69, 9.17) is 9.84 Å². The minimum Gasteiger partial charge on any atom is -0.480 e. The molecule has 1 fully saturated rings. The molecule has 5 atom stereocenters. The van der Waals surface area contributed by atoms with Gasteiger partial charge in [0.25, 0.3) is 0 Å². The Labute approximate surface area is 130 Å². The number of ether oxygens (including phenoxy) is 1. The Hall–Kier alpha value is -0.980. The SMILES string of the molecule is CSCC[C@@H](C(=O)O)N(CC1(O)OC[C@@H](O)[C@@H](O)[C@@H]1O)N=O. The van der Waals surface area contributed by atoms with Crippen molar-refractivity contribution in [3.05, 3.63) is 4.91 Å². The maximum absolute atomic E-state index is 11.2. The molecular formula is C11H20N2O8S. The van der Waals surface area contributed by atoms with Crippen LogP contribution in [0.1, 0.15) is 6.42 Å². The van der Waals surface area contributed by atoms with Gasteiger partial charge in [-0.2, -0.15) is 11.8 Å². The van der Waals surface area contributed by atoms with Gasteiger partial charge >= 0.3 is 5.97 Å². The van der Waals surface area contributed by atoms with Crippen LogP contribution in [0.4, 0.5) is 0 Å². The van der Waals surface area contributed by atoms with Gasteiger partial charge in [0.05, 0.1) is 18.4 Å². The summed E-state index contributed by atoms with van der Waals surface area (Å²) in [6, 6.07) is -1.31. The third-order valence-electron chi connectivity index (χ3n) is 3.42. The number of nitrogens with zero attached hydrogens (tertiary/aromatic N) is 2. The highest BCUT2D eigenvalue weighted by molar-refractivity contribution is 7.98. The summed E-state index contributed by atoms with van der Waals surface area (Å²) in [7, 11) is 0. The minimum atomic E-state index is -2.42. The fourth-order valence-corrected chi connectivity index (χ4v) is 2.55. The summed E-state index contributed by atoms with van der Waals surface area (Å²) < 4.78 is 4.88. The highest BCUT2D eigenvalue weighted by atomic mass is 32.2. The Balaban J connectivity index is 2.86. The van der Waals surface area contributed by atoms with Crippen molar-refractivity contribution in [2.45, 2.75) is 36.6 Å². The molecule has 5 N–H and O–H groups in total. The summed E-state index contributed by atoms with van der Waals surface area (Å²) in [4.78, 5) is 22.2. The summed E-state index contributed by atoms with van der Waals surface area (Å²) in [5, 5.41) is 51.2. The first-order valence-corrected chi connectivity index (χ1v) is 7.88. The third kappa shape index (κ3) is 4.27. The van der Waals surface area contributed by atoms with Crippen molar-refractivity contribution in [1.82, 2.24) is 5.01 Å². The van der Waals surface area contributed by atoms with Gasteiger partial charge in [-0.15, -0.1) is 4.91 Å². The first-order valence-electron chi connectivity index (χ1n) is 6.49. The van der Waals surface area contributed by atoms with E-state index in [1.807, 2.05) is 0 Å². The van der Waals surface area contributed by atoms with Gasteiger partial charge in [-0.3, -0.25) is 0 Å². The van der Waals surface area contributed by atoms with Crippen LogP contribution in [0.3, 0.4) is 0 Å². The Kier molecular flexibility index (Phi) is 6.97. The number of carboxylic acid groups (broad SMARTS) is 1. The largest absolute Gasteiger partial charge is 0.480 e. The van der Waals surface area contributed by atoms with E-state index in [-0.39, 0.29) is 6.42 Å². The lowest BCUT2D eigenvalue weighted by molar-refractivity contribution is -0.326. The van der Waals surface area contributed by atoms with Crippen LogP contribution in [0.15, 0.2) is 5.29 Å². The second-order valence-corrected chi connectivity index (χ2v) is 5.96. The summed E-state index contributed by atoms with van der Waals surface area (Å²) in [6.45, 7) is -1.24. The van der Waals surface area contributed by atoms with E-state index in [2.05, 4.69) is 5.29 Å². The lowest BCUT2D eigenvalue weighted by atomic mass is 9.96. The number of hydrogen-bond donors (Lipinski definition) is 5. The number of hydrogen-bond acceptors (Lipinski definition) is 9. The van der Waals surface area contributed by atoms with E-state index >= 15 is 0 Å². The molecule has 22 heavy (non-hydrogen) atoms. The zero-order chi connectivity index (χ0) is 16.9.